The van der Waals surface area contributed by atoms with Gasteiger partial charge in [-0.1, -0.05) is 0 Å². The summed E-state index contributed by atoms with van der Waals surface area (Å²) in [4.78, 5) is 4.46. The lowest BCUT2D eigenvalue weighted by atomic mass is 10.1. The third-order valence-electron chi connectivity index (χ3n) is 3.85. The Bertz CT molecular complexity index is 555. The molecule has 0 aromatic heterocycles. The Kier molecular flexibility index (Phi) is 11.7. The van der Waals surface area contributed by atoms with E-state index in [0.29, 0.717) is 44.2 Å². The van der Waals surface area contributed by atoms with Gasteiger partial charge in [0.2, 0.25) is 0 Å². The maximum Gasteiger partial charge on any atom is 0.191 e. The minimum atomic E-state index is -0.426. The van der Waals surface area contributed by atoms with Crippen LogP contribution in [-0.4, -0.2) is 51.5 Å². The SMILES string of the molecule is CCNC(=NCCCOC1CCOC1)NCCc1cc(F)ccc1F.I. The van der Waals surface area contributed by atoms with E-state index in [1.807, 2.05) is 6.92 Å². The summed E-state index contributed by atoms with van der Waals surface area (Å²) in [7, 11) is 0. The molecule has 5 nitrogen and oxygen atoms in total. The molecule has 0 bridgehead atoms. The van der Waals surface area contributed by atoms with Crippen LogP contribution in [0.3, 0.4) is 0 Å². The molecule has 0 radical (unpaired) electrons. The highest BCUT2D eigenvalue weighted by Crippen LogP contribution is 2.10. The number of hydrogen-bond acceptors (Lipinski definition) is 3. The van der Waals surface area contributed by atoms with Crippen molar-refractivity contribution in [3.63, 3.8) is 0 Å². The van der Waals surface area contributed by atoms with Gasteiger partial charge in [-0.15, -0.1) is 24.0 Å². The van der Waals surface area contributed by atoms with Gasteiger partial charge >= 0.3 is 0 Å². The van der Waals surface area contributed by atoms with Crippen molar-refractivity contribution in [2.24, 2.45) is 4.99 Å². The molecule has 1 fully saturated rings. The zero-order chi connectivity index (χ0) is 17.9. The third-order valence-corrected chi connectivity index (χ3v) is 3.85. The first-order valence-corrected chi connectivity index (χ1v) is 8.84. The molecule has 1 saturated heterocycles. The molecule has 1 aromatic carbocycles. The summed E-state index contributed by atoms with van der Waals surface area (Å²) in [5.41, 5.74) is 0.357. The topological polar surface area (TPSA) is 54.9 Å². The number of ether oxygens (including phenoxy) is 2. The fourth-order valence-electron chi connectivity index (χ4n) is 2.54. The van der Waals surface area contributed by atoms with Crippen molar-refractivity contribution in [2.45, 2.75) is 32.3 Å². The molecule has 1 aliphatic heterocycles. The van der Waals surface area contributed by atoms with Crippen molar-refractivity contribution >= 4 is 29.9 Å². The normalized spacial score (nSPS) is 17.0. The highest BCUT2D eigenvalue weighted by Gasteiger charge is 2.15. The molecule has 1 aliphatic rings. The van der Waals surface area contributed by atoms with Gasteiger partial charge in [-0.3, -0.25) is 4.99 Å². The van der Waals surface area contributed by atoms with Crippen molar-refractivity contribution in [3.05, 3.63) is 35.4 Å². The standard InChI is InChI=1S/C18H27F2N3O2.HI/c1-2-21-18(22-8-3-10-25-16-7-11-24-13-16)23-9-6-14-12-15(19)4-5-17(14)20;/h4-5,12,16H,2-3,6-11,13H2,1H3,(H2,21,22,23);1H. The molecule has 2 N–H and O–H groups in total. The first-order valence-electron chi connectivity index (χ1n) is 8.84. The average molecular weight is 483 g/mol. The second-order valence-corrected chi connectivity index (χ2v) is 5.88. The van der Waals surface area contributed by atoms with E-state index in [1.54, 1.807) is 0 Å². The Hall–Kier alpha value is -1.00. The van der Waals surface area contributed by atoms with Crippen LogP contribution >= 0.6 is 24.0 Å². The lowest BCUT2D eigenvalue weighted by Crippen LogP contribution is -2.38. The molecule has 8 heteroatoms. The van der Waals surface area contributed by atoms with Crippen LogP contribution in [0.2, 0.25) is 0 Å². The molecule has 0 saturated carbocycles. The highest BCUT2D eigenvalue weighted by molar-refractivity contribution is 14.0. The van der Waals surface area contributed by atoms with Crippen LogP contribution in [0.15, 0.2) is 23.2 Å². The summed E-state index contributed by atoms with van der Waals surface area (Å²) in [6.07, 6.45) is 2.39. The second kappa shape index (κ2) is 13.2. The Morgan fingerprint density at radius 2 is 2.19 bits per heavy atom. The number of nitrogens with one attached hydrogen (secondary N) is 2. The number of rotatable bonds is 9. The van der Waals surface area contributed by atoms with E-state index in [2.05, 4.69) is 15.6 Å². The van der Waals surface area contributed by atoms with Crippen molar-refractivity contribution < 1.29 is 18.3 Å². The zero-order valence-corrected chi connectivity index (χ0v) is 17.4. The maximum atomic E-state index is 13.6. The smallest absolute Gasteiger partial charge is 0.191 e. The van der Waals surface area contributed by atoms with E-state index in [9.17, 15) is 8.78 Å². The molecule has 1 atom stereocenters. The molecule has 0 aliphatic carbocycles. The van der Waals surface area contributed by atoms with E-state index < -0.39 is 11.6 Å². The summed E-state index contributed by atoms with van der Waals surface area (Å²) in [6.45, 7) is 5.95. The first-order chi connectivity index (χ1) is 12.2. The van der Waals surface area contributed by atoms with Gasteiger partial charge in [-0.25, -0.2) is 8.78 Å². The summed E-state index contributed by atoms with van der Waals surface area (Å²) in [6, 6.07) is 3.50. The summed E-state index contributed by atoms with van der Waals surface area (Å²) in [5, 5.41) is 6.27. The largest absolute Gasteiger partial charge is 0.379 e. The highest BCUT2D eigenvalue weighted by atomic mass is 127. The fraction of sp³-hybridized carbons (Fsp3) is 0.611. The van der Waals surface area contributed by atoms with Gasteiger partial charge < -0.3 is 20.1 Å². The van der Waals surface area contributed by atoms with Crippen LogP contribution < -0.4 is 10.6 Å². The maximum absolute atomic E-state index is 13.6. The Morgan fingerprint density at radius 3 is 2.92 bits per heavy atom. The second-order valence-electron chi connectivity index (χ2n) is 5.88. The van der Waals surface area contributed by atoms with Crippen LogP contribution in [0.1, 0.15) is 25.3 Å². The summed E-state index contributed by atoms with van der Waals surface area (Å²) < 4.78 is 37.7. The van der Waals surface area contributed by atoms with Gasteiger partial charge in [0, 0.05) is 32.8 Å². The molecule has 1 unspecified atom stereocenters. The summed E-state index contributed by atoms with van der Waals surface area (Å²) >= 11 is 0. The number of aliphatic imine (C=N–C) groups is 1. The summed E-state index contributed by atoms with van der Waals surface area (Å²) in [5.74, 6) is -0.147. The monoisotopic (exact) mass is 483 g/mol. The van der Waals surface area contributed by atoms with Gasteiger partial charge in [0.15, 0.2) is 5.96 Å². The van der Waals surface area contributed by atoms with Gasteiger partial charge in [0.05, 0.1) is 12.7 Å². The Labute approximate surface area is 171 Å². The molecule has 0 amide bonds. The number of halogens is 3. The van der Waals surface area contributed by atoms with E-state index in [-0.39, 0.29) is 30.1 Å². The van der Waals surface area contributed by atoms with Crippen LogP contribution in [-0.2, 0) is 15.9 Å². The fourth-order valence-corrected chi connectivity index (χ4v) is 2.54. The molecule has 1 aromatic rings. The predicted molar refractivity (Wildman–Crippen MR) is 109 cm³/mol. The Morgan fingerprint density at radius 1 is 1.35 bits per heavy atom. The van der Waals surface area contributed by atoms with Gasteiger partial charge in [-0.05, 0) is 49.9 Å². The van der Waals surface area contributed by atoms with Gasteiger partial charge in [0.25, 0.3) is 0 Å². The molecular formula is C18H28F2IN3O2. The van der Waals surface area contributed by atoms with E-state index in [4.69, 9.17) is 9.47 Å². The average Bonchev–Trinajstić information content (AvgIpc) is 3.11. The van der Waals surface area contributed by atoms with Crippen LogP contribution in [0.5, 0.6) is 0 Å². The number of hydrogen-bond donors (Lipinski definition) is 2. The lowest BCUT2D eigenvalue weighted by molar-refractivity contribution is 0.0424. The van der Waals surface area contributed by atoms with Crippen molar-refractivity contribution in [2.75, 3.05) is 39.5 Å². The Balaban J connectivity index is 0.00000338. The molecule has 148 valence electrons. The quantitative estimate of drug-likeness (QED) is 0.246. The minimum absolute atomic E-state index is 0. The molecule has 26 heavy (non-hydrogen) atoms. The minimum Gasteiger partial charge on any atom is -0.379 e. The first kappa shape index (κ1) is 23.0. The van der Waals surface area contributed by atoms with Crippen molar-refractivity contribution in [1.82, 2.24) is 10.6 Å². The zero-order valence-electron chi connectivity index (χ0n) is 15.1. The van der Waals surface area contributed by atoms with Crippen molar-refractivity contribution in [1.29, 1.82) is 0 Å². The van der Waals surface area contributed by atoms with Gasteiger partial charge in [0.1, 0.15) is 11.6 Å². The van der Waals surface area contributed by atoms with E-state index in [1.165, 1.54) is 6.07 Å². The van der Waals surface area contributed by atoms with E-state index >= 15 is 0 Å². The molecule has 1 heterocycles. The predicted octanol–water partition coefficient (Wildman–Crippen LogP) is 2.88. The van der Waals surface area contributed by atoms with Crippen LogP contribution in [0, 0.1) is 11.6 Å². The molecule has 2 rings (SSSR count). The van der Waals surface area contributed by atoms with Crippen LogP contribution in [0.25, 0.3) is 0 Å². The molecule has 0 spiro atoms. The number of guanidine groups is 1. The number of nitrogens with zero attached hydrogens (tertiary/aromatic N) is 1. The molecular weight excluding hydrogens is 455 g/mol. The lowest BCUT2D eigenvalue weighted by Gasteiger charge is -2.12. The number of benzene rings is 1. The third kappa shape index (κ3) is 8.59. The van der Waals surface area contributed by atoms with Gasteiger partial charge in [-0.2, -0.15) is 0 Å². The van der Waals surface area contributed by atoms with E-state index in [0.717, 1.165) is 38.1 Å². The van der Waals surface area contributed by atoms with Crippen LogP contribution in [0.4, 0.5) is 8.78 Å². The van der Waals surface area contributed by atoms with Crippen molar-refractivity contribution in [3.8, 4) is 0 Å².